The molecule has 1 aliphatic heterocycles. The van der Waals surface area contributed by atoms with Crippen LogP contribution in [-0.2, 0) is 0 Å². The van der Waals surface area contributed by atoms with E-state index in [1.54, 1.807) is 12.1 Å². The first-order chi connectivity index (χ1) is 22.2. The van der Waals surface area contributed by atoms with Gasteiger partial charge in [-0.2, -0.15) is 0 Å². The Hall–Kier alpha value is -2.56. The Morgan fingerprint density at radius 1 is 0.851 bits per heavy atom. The van der Waals surface area contributed by atoms with Gasteiger partial charge in [0.1, 0.15) is 0 Å². The number of carboxylic acid groups (broad SMARTS) is 1. The number of nitrogens with zero attached hydrogens (tertiary/aromatic N) is 1. The maximum absolute atomic E-state index is 13.8. The molecule has 2 N–H and O–H groups in total. The highest BCUT2D eigenvalue weighted by atomic mass is 16.4. The van der Waals surface area contributed by atoms with Crippen LogP contribution >= 0.6 is 0 Å². The molecule has 2 amide bonds. The van der Waals surface area contributed by atoms with E-state index in [0.29, 0.717) is 35.2 Å². The number of allylic oxidation sites excluding steroid dienone is 3. The van der Waals surface area contributed by atoms with Gasteiger partial charge >= 0.3 is 12.0 Å². The van der Waals surface area contributed by atoms with Gasteiger partial charge < -0.3 is 15.3 Å². The molecule has 5 heteroatoms. The van der Waals surface area contributed by atoms with Crippen LogP contribution in [0.3, 0.4) is 0 Å². The Bertz CT molecular complexity index is 1470. The fourth-order valence-electron chi connectivity index (χ4n) is 13.6. The van der Waals surface area contributed by atoms with Crippen LogP contribution in [0.4, 0.5) is 4.79 Å². The number of hydrogen-bond acceptors (Lipinski definition) is 2. The second kappa shape index (κ2) is 11.2. The van der Waals surface area contributed by atoms with Gasteiger partial charge in [0.2, 0.25) is 0 Å². The third kappa shape index (κ3) is 4.74. The van der Waals surface area contributed by atoms with Gasteiger partial charge in [0.25, 0.3) is 0 Å². The van der Waals surface area contributed by atoms with Crippen LogP contribution < -0.4 is 5.32 Å². The van der Waals surface area contributed by atoms with Crippen molar-refractivity contribution in [1.29, 1.82) is 0 Å². The number of carbonyl (C=O) groups is 2. The first-order valence-electron chi connectivity index (χ1n) is 18.9. The predicted molar refractivity (Wildman–Crippen MR) is 190 cm³/mol. The molecule has 9 unspecified atom stereocenters. The molecule has 6 aliphatic rings. The van der Waals surface area contributed by atoms with Crippen molar-refractivity contribution in [3.8, 4) is 0 Å². The van der Waals surface area contributed by atoms with Crippen LogP contribution in [0, 0.1) is 51.2 Å². The molecule has 0 bridgehead atoms. The molecule has 1 heterocycles. The second-order valence-electron chi connectivity index (χ2n) is 18.2. The van der Waals surface area contributed by atoms with Crippen molar-refractivity contribution >= 4 is 17.6 Å². The molecule has 5 fully saturated rings. The average molecular weight is 641 g/mol. The SMILES string of the molecule is C=C(C)C1CCC2(NC(=O)N3CCCCC3)CCC3(C)C(CCC4C5(C)CC=C(c6ccc(C(=O)O)cc6)C(C)(C)C5CCC43C)C12. The summed E-state index contributed by atoms with van der Waals surface area (Å²) in [6.07, 6.45) is 16.7. The van der Waals surface area contributed by atoms with Crippen LogP contribution in [0.5, 0.6) is 0 Å². The Morgan fingerprint density at radius 2 is 1.55 bits per heavy atom. The lowest BCUT2D eigenvalue weighted by Crippen LogP contribution is -2.69. The van der Waals surface area contributed by atoms with Gasteiger partial charge in [0, 0.05) is 18.6 Å². The lowest BCUT2D eigenvalue weighted by atomic mass is 9.33. The maximum Gasteiger partial charge on any atom is 0.335 e. The first-order valence-corrected chi connectivity index (χ1v) is 18.9. The third-order valence-electron chi connectivity index (χ3n) is 16.1. The number of aromatic carboxylic acids is 1. The number of fused-ring (bicyclic) bond motifs is 7. The van der Waals surface area contributed by atoms with Crippen molar-refractivity contribution < 1.29 is 14.7 Å². The molecule has 0 radical (unpaired) electrons. The molecule has 1 saturated heterocycles. The molecule has 1 aromatic carbocycles. The summed E-state index contributed by atoms with van der Waals surface area (Å²) in [6.45, 7) is 21.5. The number of amides is 2. The minimum atomic E-state index is -0.867. The molecule has 0 spiro atoms. The zero-order valence-electron chi connectivity index (χ0n) is 30.1. The maximum atomic E-state index is 13.8. The molecule has 5 nitrogen and oxygen atoms in total. The van der Waals surface area contributed by atoms with Crippen molar-refractivity contribution in [3.63, 3.8) is 0 Å². The standard InChI is InChI=1S/C42H60N2O3/c1-27(2)30-17-22-42(43-37(47)44-25-9-8-10-26-44)24-23-40(6)32(35(30)42)15-16-34-39(5)20-18-31(28-11-13-29(14-12-28)36(45)46)38(3,4)33(39)19-21-41(34,40)7/h11-14,18,30,32-35H,1,8-10,15-17,19-26H2,2-7H3,(H,43,47)(H,45,46). The largest absolute Gasteiger partial charge is 0.478 e. The van der Waals surface area contributed by atoms with E-state index >= 15 is 0 Å². The summed E-state index contributed by atoms with van der Waals surface area (Å²) >= 11 is 0. The summed E-state index contributed by atoms with van der Waals surface area (Å²) in [4.78, 5) is 27.4. The number of likely N-dealkylation sites (tertiary alicyclic amines) is 1. The van der Waals surface area contributed by atoms with Gasteiger partial charge in [0.05, 0.1) is 5.56 Å². The summed E-state index contributed by atoms with van der Waals surface area (Å²) in [5, 5.41) is 13.3. The Labute approximate surface area is 284 Å². The van der Waals surface area contributed by atoms with E-state index in [2.05, 4.69) is 64.4 Å². The molecular formula is C42H60N2O3. The third-order valence-corrected chi connectivity index (χ3v) is 16.1. The fourth-order valence-corrected chi connectivity index (χ4v) is 13.6. The molecule has 0 aromatic heterocycles. The van der Waals surface area contributed by atoms with Crippen molar-refractivity contribution in [2.24, 2.45) is 51.2 Å². The summed E-state index contributed by atoms with van der Waals surface area (Å²) < 4.78 is 0. The second-order valence-corrected chi connectivity index (χ2v) is 18.2. The Morgan fingerprint density at radius 3 is 2.21 bits per heavy atom. The number of carboxylic acids is 1. The van der Waals surface area contributed by atoms with Crippen LogP contribution in [0.1, 0.15) is 135 Å². The van der Waals surface area contributed by atoms with Crippen molar-refractivity contribution in [1.82, 2.24) is 10.2 Å². The number of carbonyl (C=O) groups excluding carboxylic acids is 1. The fraction of sp³-hybridized carbons (Fsp3) is 0.714. The minimum Gasteiger partial charge on any atom is -0.478 e. The average Bonchev–Trinajstić information content (AvgIpc) is 3.41. The Balaban J connectivity index is 1.20. The monoisotopic (exact) mass is 640 g/mol. The molecule has 256 valence electrons. The number of rotatable bonds is 4. The number of benzene rings is 1. The topological polar surface area (TPSA) is 69.6 Å². The van der Waals surface area contributed by atoms with Gasteiger partial charge in [-0.05, 0) is 158 Å². The highest BCUT2D eigenvalue weighted by molar-refractivity contribution is 5.88. The number of urea groups is 1. The molecule has 1 aromatic rings. The van der Waals surface area contributed by atoms with Crippen LogP contribution in [-0.4, -0.2) is 40.6 Å². The van der Waals surface area contributed by atoms with E-state index in [-0.39, 0.29) is 33.2 Å². The molecule has 9 atom stereocenters. The smallest absolute Gasteiger partial charge is 0.335 e. The van der Waals surface area contributed by atoms with Crippen molar-refractivity contribution in [3.05, 3.63) is 53.6 Å². The summed E-state index contributed by atoms with van der Waals surface area (Å²) in [5.74, 6) is 1.92. The van der Waals surface area contributed by atoms with Gasteiger partial charge in [-0.1, -0.05) is 65.0 Å². The minimum absolute atomic E-state index is 0.00771. The molecule has 47 heavy (non-hydrogen) atoms. The summed E-state index contributed by atoms with van der Waals surface area (Å²) in [7, 11) is 0. The molecule has 5 aliphatic carbocycles. The number of hydrogen-bond donors (Lipinski definition) is 2. The van der Waals surface area contributed by atoms with Gasteiger partial charge in [-0.15, -0.1) is 0 Å². The van der Waals surface area contributed by atoms with E-state index < -0.39 is 5.97 Å². The van der Waals surface area contributed by atoms with Gasteiger partial charge in [-0.3, -0.25) is 0 Å². The van der Waals surface area contributed by atoms with Gasteiger partial charge in [-0.25, -0.2) is 9.59 Å². The van der Waals surface area contributed by atoms with E-state index in [1.165, 1.54) is 55.2 Å². The van der Waals surface area contributed by atoms with Crippen LogP contribution in [0.25, 0.3) is 5.57 Å². The number of nitrogens with one attached hydrogen (secondary N) is 1. The van der Waals surface area contributed by atoms with E-state index in [4.69, 9.17) is 0 Å². The molecule has 7 rings (SSSR count). The van der Waals surface area contributed by atoms with E-state index in [1.807, 2.05) is 12.1 Å². The van der Waals surface area contributed by atoms with Gasteiger partial charge in [0.15, 0.2) is 0 Å². The highest BCUT2D eigenvalue weighted by Crippen LogP contribution is 2.76. The predicted octanol–water partition coefficient (Wildman–Crippen LogP) is 9.98. The van der Waals surface area contributed by atoms with Crippen molar-refractivity contribution in [2.45, 2.75) is 124 Å². The normalized spacial score (nSPS) is 42.2. The van der Waals surface area contributed by atoms with E-state index in [0.717, 1.165) is 51.6 Å². The summed E-state index contributed by atoms with van der Waals surface area (Å²) in [6, 6.07) is 7.77. The van der Waals surface area contributed by atoms with Crippen molar-refractivity contribution in [2.75, 3.05) is 13.1 Å². The highest BCUT2D eigenvalue weighted by Gasteiger charge is 2.70. The summed E-state index contributed by atoms with van der Waals surface area (Å²) in [5.41, 5.74) is 4.83. The quantitative estimate of drug-likeness (QED) is 0.322. The zero-order chi connectivity index (χ0) is 33.6. The van der Waals surface area contributed by atoms with Crippen LogP contribution in [0.2, 0.25) is 0 Å². The zero-order valence-corrected chi connectivity index (χ0v) is 30.1. The van der Waals surface area contributed by atoms with Crippen LogP contribution in [0.15, 0.2) is 42.5 Å². The lowest BCUT2D eigenvalue weighted by molar-refractivity contribution is -0.218. The van der Waals surface area contributed by atoms with E-state index in [9.17, 15) is 14.7 Å². The first kappa shape index (κ1) is 33.0. The molecular weight excluding hydrogens is 580 g/mol. The lowest BCUT2D eigenvalue weighted by Gasteiger charge is -2.72. The molecule has 4 saturated carbocycles. The number of piperidine rings is 1. The Kier molecular flexibility index (Phi) is 7.88.